The summed E-state index contributed by atoms with van der Waals surface area (Å²) in [6.07, 6.45) is 3.76. The first kappa shape index (κ1) is 15.5. The molecule has 1 aromatic carbocycles. The molecule has 2 rings (SSSR count). The van der Waals surface area contributed by atoms with Crippen LogP contribution in [-0.4, -0.2) is 22.2 Å². The number of aliphatic hydroxyl groups is 1. The minimum Gasteiger partial charge on any atom is -0.394 e. The maximum absolute atomic E-state index is 11.0. The van der Waals surface area contributed by atoms with E-state index in [-0.39, 0.29) is 12.3 Å². The van der Waals surface area contributed by atoms with Gasteiger partial charge in [0.25, 0.3) is 5.69 Å². The highest BCUT2D eigenvalue weighted by Crippen LogP contribution is 2.35. The van der Waals surface area contributed by atoms with Crippen LogP contribution in [0.3, 0.4) is 0 Å². The normalized spacial score (nSPS) is 25.4. The van der Waals surface area contributed by atoms with E-state index in [1.807, 2.05) is 0 Å². The highest BCUT2D eigenvalue weighted by atomic mass is 16.6. The van der Waals surface area contributed by atoms with Gasteiger partial charge in [-0.1, -0.05) is 6.92 Å². The number of hydrogen-bond acceptors (Lipinski definition) is 6. The molecule has 0 unspecified atom stereocenters. The summed E-state index contributed by atoms with van der Waals surface area (Å²) in [5, 5.41) is 24.0. The molecule has 7 heteroatoms. The largest absolute Gasteiger partial charge is 0.394 e. The molecule has 0 heterocycles. The van der Waals surface area contributed by atoms with Crippen LogP contribution >= 0.6 is 0 Å². The van der Waals surface area contributed by atoms with Crippen molar-refractivity contribution in [3.8, 4) is 0 Å². The molecule has 1 saturated carbocycles. The van der Waals surface area contributed by atoms with Crippen molar-refractivity contribution in [1.29, 1.82) is 0 Å². The lowest BCUT2D eigenvalue weighted by Gasteiger charge is -2.39. The van der Waals surface area contributed by atoms with Crippen LogP contribution in [0.1, 0.15) is 32.6 Å². The van der Waals surface area contributed by atoms with Gasteiger partial charge >= 0.3 is 0 Å². The first-order chi connectivity index (χ1) is 9.98. The SMILES string of the molecule is CC1CCC(CO)(Nc2cc(NN)cc([N+](=O)[O-])c2)CC1. The highest BCUT2D eigenvalue weighted by molar-refractivity contribution is 5.63. The van der Waals surface area contributed by atoms with Crippen molar-refractivity contribution in [3.05, 3.63) is 28.3 Å². The number of anilines is 2. The van der Waals surface area contributed by atoms with Crippen molar-refractivity contribution in [3.63, 3.8) is 0 Å². The molecule has 1 fully saturated rings. The molecular formula is C14H22N4O3. The van der Waals surface area contributed by atoms with E-state index in [4.69, 9.17) is 5.84 Å². The van der Waals surface area contributed by atoms with Gasteiger partial charge in [0.05, 0.1) is 22.8 Å². The number of nitrogens with zero attached hydrogens (tertiary/aromatic N) is 1. The molecule has 0 saturated heterocycles. The zero-order chi connectivity index (χ0) is 15.5. The lowest BCUT2D eigenvalue weighted by molar-refractivity contribution is -0.384. The van der Waals surface area contributed by atoms with Gasteiger partial charge in [0.15, 0.2) is 0 Å². The van der Waals surface area contributed by atoms with E-state index in [2.05, 4.69) is 17.7 Å². The minimum absolute atomic E-state index is 0.00774. The number of aliphatic hydroxyl groups excluding tert-OH is 1. The van der Waals surface area contributed by atoms with E-state index < -0.39 is 10.5 Å². The summed E-state index contributed by atoms with van der Waals surface area (Å²) in [5.41, 5.74) is 3.04. The molecule has 0 spiro atoms. The second kappa shape index (κ2) is 6.28. The average Bonchev–Trinajstić information content (AvgIpc) is 2.49. The number of nitrogens with two attached hydrogens (primary N) is 1. The Morgan fingerprint density at radius 3 is 2.52 bits per heavy atom. The van der Waals surface area contributed by atoms with Crippen LogP contribution in [0.4, 0.5) is 17.1 Å². The number of hydrogen-bond donors (Lipinski definition) is 4. The van der Waals surface area contributed by atoms with Crippen molar-refractivity contribution in [2.24, 2.45) is 11.8 Å². The lowest BCUT2D eigenvalue weighted by atomic mass is 9.77. The Hall–Kier alpha value is -1.86. The van der Waals surface area contributed by atoms with Gasteiger partial charge in [0.2, 0.25) is 0 Å². The Bertz CT molecular complexity index is 513. The van der Waals surface area contributed by atoms with E-state index >= 15 is 0 Å². The summed E-state index contributed by atoms with van der Waals surface area (Å²) < 4.78 is 0. The molecule has 0 amide bonds. The molecule has 7 nitrogen and oxygen atoms in total. The van der Waals surface area contributed by atoms with Crippen molar-refractivity contribution in [1.82, 2.24) is 0 Å². The predicted molar refractivity (Wildman–Crippen MR) is 82.0 cm³/mol. The smallest absolute Gasteiger partial charge is 0.273 e. The van der Waals surface area contributed by atoms with Crippen LogP contribution in [0.25, 0.3) is 0 Å². The van der Waals surface area contributed by atoms with E-state index in [1.54, 1.807) is 6.07 Å². The summed E-state index contributed by atoms with van der Waals surface area (Å²) >= 11 is 0. The van der Waals surface area contributed by atoms with Gasteiger partial charge in [-0.2, -0.15) is 0 Å². The summed E-state index contributed by atoms with van der Waals surface area (Å²) in [6, 6.07) is 4.55. The first-order valence-electron chi connectivity index (χ1n) is 7.13. The zero-order valence-corrected chi connectivity index (χ0v) is 12.1. The van der Waals surface area contributed by atoms with Crippen LogP contribution in [-0.2, 0) is 0 Å². The van der Waals surface area contributed by atoms with Crippen molar-refractivity contribution in [2.75, 3.05) is 17.3 Å². The maximum Gasteiger partial charge on any atom is 0.273 e. The number of hydrazine groups is 1. The van der Waals surface area contributed by atoms with Crippen LogP contribution in [0.5, 0.6) is 0 Å². The van der Waals surface area contributed by atoms with Gasteiger partial charge in [-0.3, -0.25) is 16.0 Å². The molecule has 1 aliphatic rings. The Morgan fingerprint density at radius 2 is 2.00 bits per heavy atom. The van der Waals surface area contributed by atoms with Crippen molar-refractivity contribution < 1.29 is 10.0 Å². The lowest BCUT2D eigenvalue weighted by Crippen LogP contribution is -2.45. The van der Waals surface area contributed by atoms with Crippen LogP contribution in [0, 0.1) is 16.0 Å². The predicted octanol–water partition coefficient (Wildman–Crippen LogP) is 2.23. The Morgan fingerprint density at radius 1 is 1.38 bits per heavy atom. The second-order valence-electron chi connectivity index (χ2n) is 5.92. The first-order valence-corrected chi connectivity index (χ1v) is 7.13. The van der Waals surface area contributed by atoms with Gasteiger partial charge in [0, 0.05) is 17.8 Å². The molecule has 116 valence electrons. The number of benzene rings is 1. The quantitative estimate of drug-likeness (QED) is 0.376. The third kappa shape index (κ3) is 3.62. The standard InChI is InChI=1S/C14H22N4O3/c1-10-2-4-14(9-19,5-3-10)16-11-6-12(17-15)8-13(7-11)18(20)21/h6-8,10,16-17,19H,2-5,9,15H2,1H3. The topological polar surface area (TPSA) is 113 Å². The molecule has 5 N–H and O–H groups in total. The van der Waals surface area contributed by atoms with Gasteiger partial charge < -0.3 is 15.8 Å². The third-order valence-corrected chi connectivity index (χ3v) is 4.24. The van der Waals surface area contributed by atoms with E-state index in [0.717, 1.165) is 25.7 Å². The molecule has 0 aromatic heterocycles. The highest BCUT2D eigenvalue weighted by Gasteiger charge is 2.33. The van der Waals surface area contributed by atoms with E-state index in [0.29, 0.717) is 17.3 Å². The monoisotopic (exact) mass is 294 g/mol. The molecule has 0 radical (unpaired) electrons. The number of non-ortho nitro benzene ring substituents is 1. The van der Waals surface area contributed by atoms with Gasteiger partial charge in [-0.15, -0.1) is 0 Å². The Balaban J connectivity index is 2.24. The van der Waals surface area contributed by atoms with E-state index in [1.165, 1.54) is 12.1 Å². The fourth-order valence-corrected chi connectivity index (χ4v) is 2.82. The number of nitro groups is 1. The number of nitro benzene ring substituents is 1. The molecule has 0 bridgehead atoms. The number of nitrogen functional groups attached to an aromatic ring is 1. The average molecular weight is 294 g/mol. The molecule has 0 atom stereocenters. The van der Waals surface area contributed by atoms with Gasteiger partial charge in [-0.05, 0) is 37.7 Å². The minimum atomic E-state index is -0.458. The number of nitrogens with one attached hydrogen (secondary N) is 2. The Kier molecular flexibility index (Phi) is 4.64. The van der Waals surface area contributed by atoms with Crippen LogP contribution < -0.4 is 16.6 Å². The summed E-state index contributed by atoms with van der Waals surface area (Å²) in [4.78, 5) is 10.5. The fraction of sp³-hybridized carbons (Fsp3) is 0.571. The zero-order valence-electron chi connectivity index (χ0n) is 12.1. The van der Waals surface area contributed by atoms with Crippen molar-refractivity contribution in [2.45, 2.75) is 38.1 Å². The summed E-state index contributed by atoms with van der Waals surface area (Å²) in [5.74, 6) is 6.01. The molecular weight excluding hydrogens is 272 g/mol. The summed E-state index contributed by atoms with van der Waals surface area (Å²) in [6.45, 7) is 2.21. The van der Waals surface area contributed by atoms with Gasteiger partial charge in [0.1, 0.15) is 0 Å². The van der Waals surface area contributed by atoms with Gasteiger partial charge in [-0.25, -0.2) is 0 Å². The van der Waals surface area contributed by atoms with Crippen molar-refractivity contribution >= 4 is 17.1 Å². The summed E-state index contributed by atoms with van der Waals surface area (Å²) in [7, 11) is 0. The van der Waals surface area contributed by atoms with Crippen LogP contribution in [0.15, 0.2) is 18.2 Å². The second-order valence-corrected chi connectivity index (χ2v) is 5.92. The molecule has 21 heavy (non-hydrogen) atoms. The third-order valence-electron chi connectivity index (χ3n) is 4.24. The molecule has 1 aliphatic carbocycles. The van der Waals surface area contributed by atoms with E-state index in [9.17, 15) is 15.2 Å². The fourth-order valence-electron chi connectivity index (χ4n) is 2.82. The molecule has 1 aromatic rings. The maximum atomic E-state index is 11.0. The van der Waals surface area contributed by atoms with Crippen LogP contribution in [0.2, 0.25) is 0 Å². The Labute approximate surface area is 123 Å². The number of rotatable bonds is 5. The molecule has 0 aliphatic heterocycles.